The number of phenols is 1. The van der Waals surface area contributed by atoms with Gasteiger partial charge in [-0.1, -0.05) is 12.1 Å². The highest BCUT2D eigenvalue weighted by atomic mass is 32.2. The van der Waals surface area contributed by atoms with Crippen molar-refractivity contribution in [1.29, 1.82) is 0 Å². The van der Waals surface area contributed by atoms with Gasteiger partial charge in [-0.15, -0.1) is 10.2 Å². The van der Waals surface area contributed by atoms with Crippen LogP contribution in [0, 0.1) is 18.7 Å². The van der Waals surface area contributed by atoms with E-state index < -0.39 is 53.4 Å². The van der Waals surface area contributed by atoms with E-state index in [1.807, 2.05) is 0 Å². The highest BCUT2D eigenvalue weighted by molar-refractivity contribution is 7.86. The third-order valence-corrected chi connectivity index (χ3v) is 6.78. The first-order valence-electron chi connectivity index (χ1n) is 9.96. The molecule has 1 aromatic heterocycles. The molecule has 3 aromatic carbocycles. The number of azo groups is 1. The molecule has 0 aliphatic carbocycles. The smallest absolute Gasteiger partial charge is 0.296 e. The second kappa shape index (κ2) is 9.40. The SMILES string of the molecule is Cc1cc2cc(S(=O)(=O)O)cc(Nc3ncnc(F)c3F)c2c(O)c1N=Nc1ccccc1S(=O)(=O)O. The van der Waals surface area contributed by atoms with Crippen molar-refractivity contribution in [2.75, 3.05) is 5.32 Å². The predicted octanol–water partition coefficient (Wildman–Crippen LogP) is 4.57. The number of aromatic hydroxyl groups is 1. The molecule has 4 N–H and O–H groups in total. The molecule has 16 heteroatoms. The normalized spacial score (nSPS) is 12.4. The van der Waals surface area contributed by atoms with Gasteiger partial charge in [0, 0.05) is 5.39 Å². The highest BCUT2D eigenvalue weighted by Gasteiger charge is 2.21. The molecular formula is C21H15F2N5O7S2. The van der Waals surface area contributed by atoms with Gasteiger partial charge < -0.3 is 10.4 Å². The molecule has 0 saturated carbocycles. The zero-order chi connectivity index (χ0) is 27.1. The Morgan fingerprint density at radius 3 is 2.32 bits per heavy atom. The molecule has 0 aliphatic rings. The molecule has 0 bridgehead atoms. The summed E-state index contributed by atoms with van der Waals surface area (Å²) >= 11 is 0. The van der Waals surface area contributed by atoms with E-state index in [0.29, 0.717) is 6.33 Å². The molecular weight excluding hydrogens is 536 g/mol. The number of phenolic OH excluding ortho intramolecular Hbond substituents is 1. The number of hydrogen-bond donors (Lipinski definition) is 4. The lowest BCUT2D eigenvalue weighted by molar-refractivity contribution is 0.476. The van der Waals surface area contributed by atoms with Crippen LogP contribution in [-0.4, -0.2) is 41.0 Å². The number of fused-ring (bicyclic) bond motifs is 1. The van der Waals surface area contributed by atoms with E-state index in [-0.39, 0.29) is 33.4 Å². The second-order valence-electron chi connectivity index (χ2n) is 7.53. The molecule has 1 heterocycles. The first-order valence-corrected chi connectivity index (χ1v) is 12.8. The fourth-order valence-electron chi connectivity index (χ4n) is 3.42. The minimum atomic E-state index is -4.77. The van der Waals surface area contributed by atoms with Gasteiger partial charge in [0.15, 0.2) is 11.6 Å². The van der Waals surface area contributed by atoms with Crippen LogP contribution in [-0.2, 0) is 20.2 Å². The van der Waals surface area contributed by atoms with Crippen LogP contribution < -0.4 is 5.32 Å². The molecule has 4 aromatic rings. The van der Waals surface area contributed by atoms with Gasteiger partial charge in [0.05, 0.1) is 10.6 Å². The lowest BCUT2D eigenvalue weighted by Crippen LogP contribution is -2.04. The lowest BCUT2D eigenvalue weighted by Gasteiger charge is -2.15. The molecule has 12 nitrogen and oxygen atoms in total. The molecule has 192 valence electrons. The number of halogens is 2. The molecule has 0 fully saturated rings. The number of anilines is 2. The van der Waals surface area contributed by atoms with Gasteiger partial charge in [0.25, 0.3) is 26.2 Å². The number of aromatic nitrogens is 2. The number of hydrogen-bond acceptors (Lipinski definition) is 10. The van der Waals surface area contributed by atoms with Crippen molar-refractivity contribution in [1.82, 2.24) is 9.97 Å². The average molecular weight is 552 g/mol. The van der Waals surface area contributed by atoms with Gasteiger partial charge >= 0.3 is 0 Å². The standard InChI is InChI=1S/C21H15F2N5O7S2/c1-10-6-11-7-12(36(30,31)32)8-14(26-21-17(22)20(23)24-9-25-21)16(11)19(29)18(10)28-27-13-4-2-3-5-15(13)37(33,34)35/h2-9,29H,1H3,(H,24,25,26)(H,30,31,32)(H,33,34,35). The van der Waals surface area contributed by atoms with Gasteiger partial charge in [-0.05, 0) is 48.2 Å². The van der Waals surface area contributed by atoms with E-state index in [4.69, 9.17) is 0 Å². The van der Waals surface area contributed by atoms with Crippen molar-refractivity contribution in [3.8, 4) is 5.75 Å². The zero-order valence-electron chi connectivity index (χ0n) is 18.5. The maximum Gasteiger partial charge on any atom is 0.296 e. The van der Waals surface area contributed by atoms with E-state index in [9.17, 15) is 39.8 Å². The average Bonchev–Trinajstić information content (AvgIpc) is 2.80. The van der Waals surface area contributed by atoms with Gasteiger partial charge in [0.1, 0.15) is 22.6 Å². The predicted molar refractivity (Wildman–Crippen MR) is 126 cm³/mol. The van der Waals surface area contributed by atoms with E-state index in [0.717, 1.165) is 18.2 Å². The summed E-state index contributed by atoms with van der Waals surface area (Å²) in [6.07, 6.45) is 0.700. The summed E-state index contributed by atoms with van der Waals surface area (Å²) in [6.45, 7) is 1.47. The number of nitrogens with zero attached hydrogens (tertiary/aromatic N) is 4. The van der Waals surface area contributed by atoms with E-state index >= 15 is 0 Å². The van der Waals surface area contributed by atoms with Crippen molar-refractivity contribution >= 4 is 53.9 Å². The Kier molecular flexibility index (Phi) is 6.59. The summed E-state index contributed by atoms with van der Waals surface area (Å²) in [7, 11) is -9.42. The summed E-state index contributed by atoms with van der Waals surface area (Å²) < 4.78 is 93.6. The monoisotopic (exact) mass is 551 g/mol. The Hall–Kier alpha value is -4.12. The van der Waals surface area contributed by atoms with Gasteiger partial charge in [0.2, 0.25) is 5.82 Å². The molecule has 0 unspecified atom stereocenters. The Bertz CT molecular complexity index is 1810. The third kappa shape index (κ3) is 5.21. The fraction of sp³-hybridized carbons (Fsp3) is 0.0476. The maximum atomic E-state index is 14.2. The third-order valence-electron chi connectivity index (χ3n) is 5.05. The minimum absolute atomic E-state index is 0.0415. The van der Waals surface area contributed by atoms with E-state index in [2.05, 4.69) is 25.5 Å². The van der Waals surface area contributed by atoms with Crippen LogP contribution in [0.25, 0.3) is 10.8 Å². The molecule has 0 radical (unpaired) electrons. The number of nitrogens with one attached hydrogen (secondary N) is 1. The first kappa shape index (κ1) is 26.0. The van der Waals surface area contributed by atoms with Crippen LogP contribution >= 0.6 is 0 Å². The quantitative estimate of drug-likeness (QED) is 0.150. The lowest BCUT2D eigenvalue weighted by atomic mass is 10.0. The Morgan fingerprint density at radius 2 is 1.65 bits per heavy atom. The van der Waals surface area contributed by atoms with E-state index in [1.54, 1.807) is 0 Å². The molecule has 0 atom stereocenters. The second-order valence-corrected chi connectivity index (χ2v) is 10.3. The van der Waals surface area contributed by atoms with Crippen molar-refractivity contribution in [3.63, 3.8) is 0 Å². The Balaban J connectivity index is 1.95. The van der Waals surface area contributed by atoms with Crippen molar-refractivity contribution in [2.24, 2.45) is 10.2 Å². The number of benzene rings is 3. The van der Waals surface area contributed by atoms with Crippen LogP contribution in [0.4, 0.5) is 31.7 Å². The van der Waals surface area contributed by atoms with Crippen molar-refractivity contribution < 1.29 is 39.8 Å². The van der Waals surface area contributed by atoms with E-state index in [1.165, 1.54) is 31.2 Å². The highest BCUT2D eigenvalue weighted by Crippen LogP contribution is 2.44. The summed E-state index contributed by atoms with van der Waals surface area (Å²) in [6, 6.07) is 8.34. The summed E-state index contributed by atoms with van der Waals surface area (Å²) in [4.78, 5) is 5.44. The Labute approximate surface area is 207 Å². The minimum Gasteiger partial charge on any atom is -0.505 e. The summed E-state index contributed by atoms with van der Waals surface area (Å²) in [5.41, 5.74) is -0.526. The van der Waals surface area contributed by atoms with Crippen molar-refractivity contribution in [2.45, 2.75) is 16.7 Å². The molecule has 37 heavy (non-hydrogen) atoms. The van der Waals surface area contributed by atoms with Crippen LogP contribution in [0.15, 0.2) is 68.8 Å². The maximum absolute atomic E-state index is 14.2. The number of aryl methyl sites for hydroxylation is 1. The molecule has 0 spiro atoms. The summed E-state index contributed by atoms with van der Waals surface area (Å²) in [5.74, 6) is -4.31. The van der Waals surface area contributed by atoms with Crippen LogP contribution in [0.3, 0.4) is 0 Å². The Morgan fingerprint density at radius 1 is 0.946 bits per heavy atom. The number of rotatable bonds is 6. The summed E-state index contributed by atoms with van der Waals surface area (Å²) in [5, 5.41) is 21.0. The molecule has 0 aliphatic heterocycles. The van der Waals surface area contributed by atoms with Gasteiger partial charge in [-0.25, -0.2) is 9.97 Å². The topological polar surface area (TPSA) is 191 Å². The zero-order valence-corrected chi connectivity index (χ0v) is 20.1. The van der Waals surface area contributed by atoms with Crippen LogP contribution in [0.2, 0.25) is 0 Å². The molecule has 0 saturated heterocycles. The van der Waals surface area contributed by atoms with Crippen LogP contribution in [0.5, 0.6) is 5.75 Å². The van der Waals surface area contributed by atoms with Gasteiger partial charge in [-0.2, -0.15) is 25.6 Å². The first-order chi connectivity index (χ1) is 17.3. The molecule has 0 amide bonds. The fourth-order valence-corrected chi connectivity index (χ4v) is 4.59. The molecule has 4 rings (SSSR count). The van der Waals surface area contributed by atoms with Crippen LogP contribution in [0.1, 0.15) is 5.56 Å². The van der Waals surface area contributed by atoms with Crippen molar-refractivity contribution in [3.05, 3.63) is 66.1 Å². The largest absolute Gasteiger partial charge is 0.505 e. The van der Waals surface area contributed by atoms with Gasteiger partial charge in [-0.3, -0.25) is 9.11 Å².